The van der Waals surface area contributed by atoms with Crippen LogP contribution in [0, 0.1) is 0 Å². The third-order valence-electron chi connectivity index (χ3n) is 3.45. The largest absolute Gasteiger partial charge is 0.497 e. The van der Waals surface area contributed by atoms with Crippen LogP contribution in [0.3, 0.4) is 0 Å². The second-order valence-corrected chi connectivity index (χ2v) is 5.42. The fraction of sp³-hybridized carbons (Fsp3) is 0.158. The standard InChI is InChI=1S/C19H21N3O4/c1-25-15-6-2-13(3-7-15)4-9-19(24)26-11-10-18(23)22-17-8-5-14(20)12-16(17)21/h2-9,12H,10-11,20-21H2,1H3,(H,22,23)/b9-4+. The molecule has 0 atom stereocenters. The van der Waals surface area contributed by atoms with Crippen molar-refractivity contribution in [1.29, 1.82) is 0 Å². The second kappa shape index (κ2) is 9.12. The number of hydrogen-bond donors (Lipinski definition) is 3. The first-order valence-corrected chi connectivity index (χ1v) is 7.91. The third-order valence-corrected chi connectivity index (χ3v) is 3.45. The fourth-order valence-electron chi connectivity index (χ4n) is 2.08. The predicted octanol–water partition coefficient (Wildman–Crippen LogP) is 2.44. The first kappa shape index (κ1) is 18.9. The number of ether oxygens (including phenoxy) is 2. The number of rotatable bonds is 7. The van der Waals surface area contributed by atoms with Gasteiger partial charge in [-0.25, -0.2) is 4.79 Å². The molecule has 0 unspecified atom stereocenters. The molecule has 136 valence electrons. The van der Waals surface area contributed by atoms with Crippen molar-refractivity contribution in [2.75, 3.05) is 30.5 Å². The van der Waals surface area contributed by atoms with Gasteiger partial charge in [0, 0.05) is 11.8 Å². The van der Waals surface area contributed by atoms with Gasteiger partial charge in [-0.2, -0.15) is 0 Å². The molecule has 0 fully saturated rings. The van der Waals surface area contributed by atoms with Gasteiger partial charge in [-0.1, -0.05) is 12.1 Å². The number of amides is 1. The summed E-state index contributed by atoms with van der Waals surface area (Å²) in [5, 5.41) is 2.64. The molecule has 0 spiro atoms. The number of methoxy groups -OCH3 is 1. The van der Waals surface area contributed by atoms with Crippen LogP contribution in [0.5, 0.6) is 5.75 Å². The summed E-state index contributed by atoms with van der Waals surface area (Å²) in [6.07, 6.45) is 2.94. The summed E-state index contributed by atoms with van der Waals surface area (Å²) < 4.78 is 10.1. The van der Waals surface area contributed by atoms with Gasteiger partial charge in [-0.3, -0.25) is 4.79 Å². The van der Waals surface area contributed by atoms with E-state index in [4.69, 9.17) is 20.9 Å². The van der Waals surface area contributed by atoms with Gasteiger partial charge in [0.2, 0.25) is 5.91 Å². The minimum Gasteiger partial charge on any atom is -0.497 e. The van der Waals surface area contributed by atoms with Crippen LogP contribution in [-0.2, 0) is 14.3 Å². The average Bonchev–Trinajstić information content (AvgIpc) is 2.63. The van der Waals surface area contributed by atoms with Gasteiger partial charge in [0.15, 0.2) is 0 Å². The van der Waals surface area contributed by atoms with Crippen molar-refractivity contribution in [3.05, 3.63) is 54.1 Å². The van der Waals surface area contributed by atoms with E-state index < -0.39 is 5.97 Å². The molecule has 2 aromatic carbocycles. The number of nitrogens with two attached hydrogens (primary N) is 2. The zero-order valence-corrected chi connectivity index (χ0v) is 14.4. The lowest BCUT2D eigenvalue weighted by Crippen LogP contribution is -2.16. The highest BCUT2D eigenvalue weighted by Gasteiger charge is 2.07. The summed E-state index contributed by atoms with van der Waals surface area (Å²) in [6.45, 7) is -0.0352. The van der Waals surface area contributed by atoms with E-state index in [0.717, 1.165) is 11.3 Å². The van der Waals surface area contributed by atoms with E-state index in [1.807, 2.05) is 12.1 Å². The topological polar surface area (TPSA) is 117 Å². The molecule has 0 saturated heterocycles. The maximum atomic E-state index is 11.9. The van der Waals surface area contributed by atoms with Crippen LogP contribution in [0.4, 0.5) is 17.1 Å². The smallest absolute Gasteiger partial charge is 0.330 e. The number of carbonyl (C=O) groups is 2. The third kappa shape index (κ3) is 5.86. The molecule has 0 saturated carbocycles. The van der Waals surface area contributed by atoms with Gasteiger partial charge in [0.1, 0.15) is 12.4 Å². The van der Waals surface area contributed by atoms with E-state index >= 15 is 0 Å². The number of carbonyl (C=O) groups excluding carboxylic acids is 2. The van der Waals surface area contributed by atoms with Crippen molar-refractivity contribution in [2.45, 2.75) is 6.42 Å². The van der Waals surface area contributed by atoms with E-state index in [-0.39, 0.29) is 18.9 Å². The van der Waals surface area contributed by atoms with Crippen molar-refractivity contribution >= 4 is 35.0 Å². The molecule has 2 aromatic rings. The van der Waals surface area contributed by atoms with Crippen LogP contribution in [0.15, 0.2) is 48.5 Å². The Morgan fingerprint density at radius 2 is 1.85 bits per heavy atom. The molecular weight excluding hydrogens is 334 g/mol. The second-order valence-electron chi connectivity index (χ2n) is 5.42. The molecule has 7 nitrogen and oxygen atoms in total. The summed E-state index contributed by atoms with van der Waals surface area (Å²) in [5.74, 6) is -0.105. The maximum absolute atomic E-state index is 11.9. The van der Waals surface area contributed by atoms with Crippen LogP contribution in [0.2, 0.25) is 0 Å². The number of nitrogen functional groups attached to an aromatic ring is 2. The Hall–Kier alpha value is -3.48. The van der Waals surface area contributed by atoms with E-state index in [0.29, 0.717) is 17.1 Å². The van der Waals surface area contributed by atoms with Crippen LogP contribution < -0.4 is 21.5 Å². The summed E-state index contributed by atoms with van der Waals surface area (Å²) in [4.78, 5) is 23.5. The minimum absolute atomic E-state index is 0.0198. The van der Waals surface area contributed by atoms with Gasteiger partial charge >= 0.3 is 5.97 Å². The maximum Gasteiger partial charge on any atom is 0.330 e. The Morgan fingerprint density at radius 3 is 2.50 bits per heavy atom. The summed E-state index contributed by atoms with van der Waals surface area (Å²) in [6, 6.07) is 12.0. The lowest BCUT2D eigenvalue weighted by Gasteiger charge is -2.08. The lowest BCUT2D eigenvalue weighted by molar-refractivity contribution is -0.138. The van der Waals surface area contributed by atoms with Crippen LogP contribution in [-0.4, -0.2) is 25.6 Å². The van der Waals surface area contributed by atoms with Gasteiger partial charge in [-0.05, 0) is 42.0 Å². The van der Waals surface area contributed by atoms with E-state index in [1.54, 1.807) is 43.5 Å². The van der Waals surface area contributed by atoms with Gasteiger partial charge in [-0.15, -0.1) is 0 Å². The Labute approximate surface area is 151 Å². The normalized spacial score (nSPS) is 10.5. The predicted molar refractivity (Wildman–Crippen MR) is 102 cm³/mol. The highest BCUT2D eigenvalue weighted by Crippen LogP contribution is 2.21. The molecule has 0 aliphatic rings. The fourth-order valence-corrected chi connectivity index (χ4v) is 2.08. The Balaban J connectivity index is 1.74. The number of nitrogens with one attached hydrogen (secondary N) is 1. The Morgan fingerprint density at radius 1 is 1.12 bits per heavy atom. The van der Waals surface area contributed by atoms with Gasteiger partial charge < -0.3 is 26.3 Å². The molecule has 7 heteroatoms. The highest BCUT2D eigenvalue weighted by molar-refractivity contribution is 5.94. The SMILES string of the molecule is COc1ccc(/C=C/C(=O)OCCC(=O)Nc2ccc(N)cc2N)cc1. The molecule has 0 aliphatic carbocycles. The molecule has 0 bridgehead atoms. The lowest BCUT2D eigenvalue weighted by atomic mass is 10.2. The number of benzene rings is 2. The minimum atomic E-state index is -0.527. The monoisotopic (exact) mass is 355 g/mol. The van der Waals surface area contributed by atoms with Gasteiger partial charge in [0.05, 0.1) is 24.9 Å². The number of hydrogen-bond acceptors (Lipinski definition) is 6. The Kier molecular flexibility index (Phi) is 6.61. The first-order chi connectivity index (χ1) is 12.5. The molecular formula is C19H21N3O4. The van der Waals surface area contributed by atoms with Crippen molar-refractivity contribution in [1.82, 2.24) is 0 Å². The van der Waals surface area contributed by atoms with Crippen molar-refractivity contribution in [2.24, 2.45) is 0 Å². The first-order valence-electron chi connectivity index (χ1n) is 7.91. The summed E-state index contributed by atoms with van der Waals surface area (Å²) in [7, 11) is 1.58. The molecule has 5 N–H and O–H groups in total. The highest BCUT2D eigenvalue weighted by atomic mass is 16.5. The number of esters is 1. The van der Waals surface area contributed by atoms with Gasteiger partial charge in [0.25, 0.3) is 0 Å². The average molecular weight is 355 g/mol. The quantitative estimate of drug-likeness (QED) is 0.399. The van der Waals surface area contributed by atoms with E-state index in [9.17, 15) is 9.59 Å². The zero-order chi connectivity index (χ0) is 18.9. The van der Waals surface area contributed by atoms with E-state index in [1.165, 1.54) is 6.08 Å². The summed E-state index contributed by atoms with van der Waals surface area (Å²) in [5.41, 5.74) is 13.5. The van der Waals surface area contributed by atoms with Crippen LogP contribution in [0.1, 0.15) is 12.0 Å². The molecule has 2 rings (SSSR count). The van der Waals surface area contributed by atoms with Crippen molar-refractivity contribution in [3.8, 4) is 5.75 Å². The molecule has 1 amide bonds. The molecule has 26 heavy (non-hydrogen) atoms. The van der Waals surface area contributed by atoms with Crippen LogP contribution >= 0.6 is 0 Å². The van der Waals surface area contributed by atoms with Crippen molar-refractivity contribution < 1.29 is 19.1 Å². The summed E-state index contributed by atoms with van der Waals surface area (Å²) >= 11 is 0. The molecule has 0 aromatic heterocycles. The number of anilines is 3. The van der Waals surface area contributed by atoms with Crippen LogP contribution in [0.25, 0.3) is 6.08 Å². The van der Waals surface area contributed by atoms with Crippen molar-refractivity contribution in [3.63, 3.8) is 0 Å². The molecule has 0 heterocycles. The zero-order valence-electron chi connectivity index (χ0n) is 14.4. The van der Waals surface area contributed by atoms with E-state index in [2.05, 4.69) is 5.32 Å². The Bertz CT molecular complexity index is 801. The molecule has 0 aliphatic heterocycles. The molecule has 0 radical (unpaired) electrons.